The molecule has 1 aliphatic rings. The van der Waals surface area contributed by atoms with Crippen molar-refractivity contribution in [3.63, 3.8) is 0 Å². The molecule has 0 bridgehead atoms. The molecule has 0 fully saturated rings. The molecule has 0 amide bonds. The van der Waals surface area contributed by atoms with Crippen molar-refractivity contribution >= 4 is 0 Å². The summed E-state index contributed by atoms with van der Waals surface area (Å²) in [5, 5.41) is 0. The lowest BCUT2D eigenvalue weighted by Gasteiger charge is -2.10. The maximum Gasteiger partial charge on any atom is 0.273 e. The highest BCUT2D eigenvalue weighted by Gasteiger charge is 2.39. The summed E-state index contributed by atoms with van der Waals surface area (Å²) < 4.78 is 26.5. The first-order valence-corrected chi connectivity index (χ1v) is 4.64. The van der Waals surface area contributed by atoms with Crippen molar-refractivity contribution in [3.05, 3.63) is 34.9 Å². The Morgan fingerprint density at radius 1 is 1.38 bits per heavy atom. The number of alkyl halides is 2. The van der Waals surface area contributed by atoms with Crippen LogP contribution in [0.1, 0.15) is 30.0 Å². The van der Waals surface area contributed by atoms with Crippen LogP contribution >= 0.6 is 0 Å². The lowest BCUT2D eigenvalue weighted by Crippen LogP contribution is -2.07. The summed E-state index contributed by atoms with van der Waals surface area (Å²) in [6.45, 7) is 2.01. The zero-order chi connectivity index (χ0) is 9.47. The summed E-state index contributed by atoms with van der Waals surface area (Å²) in [5.41, 5.74) is 2.22. The predicted octanol–water partition coefficient (Wildman–Crippen LogP) is 3.29. The highest BCUT2D eigenvalue weighted by molar-refractivity contribution is 5.41. The van der Waals surface area contributed by atoms with E-state index in [4.69, 9.17) is 0 Å². The van der Waals surface area contributed by atoms with Gasteiger partial charge in [-0.1, -0.05) is 25.1 Å². The number of aryl methyl sites for hydroxylation is 1. The summed E-state index contributed by atoms with van der Waals surface area (Å²) in [5.74, 6) is -2.58. The number of hydrogen-bond donors (Lipinski definition) is 0. The average molecular weight is 182 g/mol. The van der Waals surface area contributed by atoms with Crippen LogP contribution in [0, 0.1) is 0 Å². The second-order valence-corrected chi connectivity index (χ2v) is 3.50. The highest BCUT2D eigenvalue weighted by Crippen LogP contribution is 2.42. The molecule has 13 heavy (non-hydrogen) atoms. The van der Waals surface area contributed by atoms with Gasteiger partial charge in [-0.05, 0) is 24.0 Å². The van der Waals surface area contributed by atoms with Gasteiger partial charge in [0.15, 0.2) is 0 Å². The van der Waals surface area contributed by atoms with E-state index in [2.05, 4.69) is 0 Å². The van der Waals surface area contributed by atoms with Crippen molar-refractivity contribution in [3.8, 4) is 0 Å². The van der Waals surface area contributed by atoms with Crippen molar-refractivity contribution in [2.75, 3.05) is 0 Å². The van der Waals surface area contributed by atoms with E-state index in [-0.39, 0.29) is 12.0 Å². The van der Waals surface area contributed by atoms with Gasteiger partial charge in [-0.15, -0.1) is 0 Å². The summed E-state index contributed by atoms with van der Waals surface area (Å²) in [7, 11) is 0. The van der Waals surface area contributed by atoms with Crippen LogP contribution in [-0.2, 0) is 18.8 Å². The van der Waals surface area contributed by atoms with Gasteiger partial charge in [0.1, 0.15) is 0 Å². The van der Waals surface area contributed by atoms with E-state index in [1.165, 1.54) is 0 Å². The average Bonchev–Trinajstić information content (AvgIpc) is 2.43. The third-order valence-corrected chi connectivity index (χ3v) is 2.74. The number of fused-ring (bicyclic) bond motifs is 1. The molecule has 0 saturated heterocycles. The van der Waals surface area contributed by atoms with Gasteiger partial charge in [-0.3, -0.25) is 0 Å². The van der Waals surface area contributed by atoms with Gasteiger partial charge in [0, 0.05) is 12.0 Å². The predicted molar refractivity (Wildman–Crippen MR) is 48.0 cm³/mol. The summed E-state index contributed by atoms with van der Waals surface area (Å²) in [4.78, 5) is 0. The van der Waals surface area contributed by atoms with Crippen LogP contribution in [0.4, 0.5) is 8.78 Å². The SMILES string of the molecule is CCc1cccc2c1CCC2(F)F. The first-order valence-electron chi connectivity index (χ1n) is 4.64. The molecule has 0 atom stereocenters. The van der Waals surface area contributed by atoms with E-state index >= 15 is 0 Å². The van der Waals surface area contributed by atoms with E-state index in [1.54, 1.807) is 12.1 Å². The van der Waals surface area contributed by atoms with Gasteiger partial charge in [-0.2, -0.15) is 0 Å². The Balaban J connectivity index is 2.56. The van der Waals surface area contributed by atoms with Crippen molar-refractivity contribution in [2.24, 2.45) is 0 Å². The number of hydrogen-bond acceptors (Lipinski definition) is 0. The Morgan fingerprint density at radius 3 is 2.85 bits per heavy atom. The van der Waals surface area contributed by atoms with Gasteiger partial charge in [0.2, 0.25) is 0 Å². The first-order chi connectivity index (χ1) is 6.15. The molecule has 1 aromatic rings. The quantitative estimate of drug-likeness (QED) is 0.625. The number of rotatable bonds is 1. The fourth-order valence-electron chi connectivity index (χ4n) is 2.02. The Kier molecular flexibility index (Phi) is 1.86. The van der Waals surface area contributed by atoms with Crippen molar-refractivity contribution in [1.82, 2.24) is 0 Å². The molecule has 0 saturated carbocycles. The van der Waals surface area contributed by atoms with Crippen molar-refractivity contribution < 1.29 is 8.78 Å². The number of halogens is 2. The Hall–Kier alpha value is -0.920. The smallest absolute Gasteiger partial charge is 0.201 e. The van der Waals surface area contributed by atoms with Crippen LogP contribution in [0.25, 0.3) is 0 Å². The van der Waals surface area contributed by atoms with Gasteiger partial charge in [0.05, 0.1) is 0 Å². The molecule has 70 valence electrons. The molecular weight excluding hydrogens is 170 g/mol. The second kappa shape index (κ2) is 2.79. The van der Waals surface area contributed by atoms with Gasteiger partial charge < -0.3 is 0 Å². The molecule has 0 nitrogen and oxygen atoms in total. The molecule has 0 spiro atoms. The zero-order valence-corrected chi connectivity index (χ0v) is 7.61. The third kappa shape index (κ3) is 1.25. The Bertz CT molecular complexity index is 329. The van der Waals surface area contributed by atoms with Gasteiger partial charge >= 0.3 is 0 Å². The lowest BCUT2D eigenvalue weighted by atomic mass is 10.0. The monoisotopic (exact) mass is 182 g/mol. The van der Waals surface area contributed by atoms with Crippen LogP contribution in [0.2, 0.25) is 0 Å². The molecule has 0 N–H and O–H groups in total. The standard InChI is InChI=1S/C11H12F2/c1-2-8-4-3-5-10-9(8)6-7-11(10,12)13/h3-5H,2,6-7H2,1H3. The molecule has 0 aliphatic heterocycles. The van der Waals surface area contributed by atoms with E-state index < -0.39 is 5.92 Å². The van der Waals surface area contributed by atoms with Gasteiger partial charge in [-0.25, -0.2) is 8.78 Å². The first kappa shape index (κ1) is 8.67. The summed E-state index contributed by atoms with van der Waals surface area (Å²) >= 11 is 0. The maximum absolute atomic E-state index is 13.3. The topological polar surface area (TPSA) is 0 Å². The normalized spacial score (nSPS) is 18.7. The molecule has 0 radical (unpaired) electrons. The van der Waals surface area contributed by atoms with Crippen molar-refractivity contribution in [2.45, 2.75) is 32.1 Å². The third-order valence-electron chi connectivity index (χ3n) is 2.74. The largest absolute Gasteiger partial charge is 0.273 e. The summed E-state index contributed by atoms with van der Waals surface area (Å²) in [6.07, 6.45) is 1.37. The molecular formula is C11H12F2. The minimum Gasteiger partial charge on any atom is -0.201 e. The van der Waals surface area contributed by atoms with E-state index in [9.17, 15) is 8.78 Å². The van der Waals surface area contributed by atoms with Crippen LogP contribution in [0.15, 0.2) is 18.2 Å². The minimum atomic E-state index is -2.58. The van der Waals surface area contributed by atoms with Gasteiger partial charge in [0.25, 0.3) is 5.92 Å². The fourth-order valence-corrected chi connectivity index (χ4v) is 2.02. The molecule has 2 heteroatoms. The molecule has 1 aromatic carbocycles. The second-order valence-electron chi connectivity index (χ2n) is 3.50. The lowest BCUT2D eigenvalue weighted by molar-refractivity contribution is -0.00184. The van der Waals surface area contributed by atoms with Crippen LogP contribution in [-0.4, -0.2) is 0 Å². The molecule has 1 aliphatic carbocycles. The van der Waals surface area contributed by atoms with Crippen LogP contribution in [0.3, 0.4) is 0 Å². The molecule has 0 unspecified atom stereocenters. The van der Waals surface area contributed by atoms with Crippen molar-refractivity contribution in [1.29, 1.82) is 0 Å². The molecule has 0 heterocycles. The van der Waals surface area contributed by atoms with E-state index in [1.807, 2.05) is 13.0 Å². The Morgan fingerprint density at radius 2 is 2.15 bits per heavy atom. The zero-order valence-electron chi connectivity index (χ0n) is 7.61. The Labute approximate surface area is 76.6 Å². The minimum absolute atomic E-state index is 0.0145. The maximum atomic E-state index is 13.3. The molecule has 0 aromatic heterocycles. The fraction of sp³-hybridized carbons (Fsp3) is 0.455. The van der Waals surface area contributed by atoms with E-state index in [0.717, 1.165) is 17.5 Å². The highest BCUT2D eigenvalue weighted by atomic mass is 19.3. The number of benzene rings is 1. The van der Waals surface area contributed by atoms with Crippen LogP contribution in [0.5, 0.6) is 0 Å². The molecule has 2 rings (SSSR count). The summed E-state index contributed by atoms with van der Waals surface area (Å²) in [6, 6.07) is 5.23. The van der Waals surface area contributed by atoms with Crippen LogP contribution < -0.4 is 0 Å². The van der Waals surface area contributed by atoms with E-state index in [0.29, 0.717) is 6.42 Å².